The van der Waals surface area contributed by atoms with E-state index < -0.39 is 0 Å². The summed E-state index contributed by atoms with van der Waals surface area (Å²) in [6.07, 6.45) is 2.61. The van der Waals surface area contributed by atoms with Crippen molar-refractivity contribution in [2.75, 3.05) is 11.4 Å². The molecule has 6 heteroatoms. The third-order valence-corrected chi connectivity index (χ3v) is 4.27. The molecule has 0 saturated heterocycles. The van der Waals surface area contributed by atoms with Crippen molar-refractivity contribution in [2.45, 2.75) is 6.42 Å². The number of halogens is 1. The zero-order valence-electron chi connectivity index (χ0n) is 9.54. The van der Waals surface area contributed by atoms with Gasteiger partial charge in [0.25, 0.3) is 0 Å². The van der Waals surface area contributed by atoms with E-state index in [0.717, 1.165) is 22.6 Å². The van der Waals surface area contributed by atoms with Crippen LogP contribution in [0.2, 0.25) is 0 Å². The molecule has 1 aromatic heterocycles. The molecule has 2 aromatic rings. The summed E-state index contributed by atoms with van der Waals surface area (Å²) in [7, 11) is 0. The van der Waals surface area contributed by atoms with Gasteiger partial charge in [-0.1, -0.05) is 34.1 Å². The first kappa shape index (κ1) is 13.5. The summed E-state index contributed by atoms with van der Waals surface area (Å²) < 4.78 is 1.10. The first-order valence-electron chi connectivity index (χ1n) is 5.38. The molecule has 2 rings (SSSR count). The largest absolute Gasteiger partial charge is 0.376 e. The number of thiazole rings is 1. The lowest BCUT2D eigenvalue weighted by atomic mass is 10.1. The standard InChI is InChI=1S/C12H12BrN3S2/c13-10-4-2-1-3-9(10)5-7-16(11(14)17)12-15-6-8-18-12/h1-4,6,8H,5,7H2,(H2,14,17). The summed E-state index contributed by atoms with van der Waals surface area (Å²) in [5.41, 5.74) is 6.97. The average Bonchev–Trinajstić information content (AvgIpc) is 2.85. The Bertz CT molecular complexity index is 528. The van der Waals surface area contributed by atoms with Crippen LogP contribution < -0.4 is 10.6 Å². The highest BCUT2D eigenvalue weighted by Gasteiger charge is 2.12. The van der Waals surface area contributed by atoms with Gasteiger partial charge in [0.15, 0.2) is 10.2 Å². The highest BCUT2D eigenvalue weighted by molar-refractivity contribution is 9.10. The van der Waals surface area contributed by atoms with E-state index >= 15 is 0 Å². The molecule has 18 heavy (non-hydrogen) atoms. The van der Waals surface area contributed by atoms with E-state index in [-0.39, 0.29) is 0 Å². The van der Waals surface area contributed by atoms with Gasteiger partial charge in [0.2, 0.25) is 0 Å². The normalized spacial score (nSPS) is 10.3. The SMILES string of the molecule is NC(=S)N(CCc1ccccc1Br)c1nccs1. The molecule has 0 aliphatic carbocycles. The molecule has 94 valence electrons. The van der Waals surface area contributed by atoms with Crippen molar-refractivity contribution in [1.82, 2.24) is 4.98 Å². The molecule has 1 aromatic carbocycles. The maximum absolute atomic E-state index is 5.74. The molecule has 2 N–H and O–H groups in total. The third kappa shape index (κ3) is 3.28. The predicted molar refractivity (Wildman–Crippen MR) is 84.1 cm³/mol. The monoisotopic (exact) mass is 341 g/mol. The minimum Gasteiger partial charge on any atom is -0.376 e. The van der Waals surface area contributed by atoms with Crippen LogP contribution in [-0.4, -0.2) is 16.6 Å². The first-order chi connectivity index (χ1) is 8.68. The van der Waals surface area contributed by atoms with Gasteiger partial charge in [0.1, 0.15) is 0 Å². The summed E-state index contributed by atoms with van der Waals surface area (Å²) in [4.78, 5) is 6.10. The van der Waals surface area contributed by atoms with Crippen LogP contribution >= 0.6 is 39.5 Å². The van der Waals surface area contributed by atoms with Crippen molar-refractivity contribution in [1.29, 1.82) is 0 Å². The lowest BCUT2D eigenvalue weighted by molar-refractivity contribution is 0.926. The van der Waals surface area contributed by atoms with Gasteiger partial charge in [-0.05, 0) is 30.3 Å². The van der Waals surface area contributed by atoms with Gasteiger partial charge in [-0.25, -0.2) is 4.98 Å². The van der Waals surface area contributed by atoms with Gasteiger partial charge in [-0.3, -0.25) is 4.90 Å². The zero-order chi connectivity index (χ0) is 13.0. The highest BCUT2D eigenvalue weighted by atomic mass is 79.9. The number of rotatable bonds is 4. The van der Waals surface area contributed by atoms with Crippen LogP contribution in [0.3, 0.4) is 0 Å². The summed E-state index contributed by atoms with van der Waals surface area (Å²) in [5.74, 6) is 0. The van der Waals surface area contributed by atoms with Crippen molar-refractivity contribution in [3.05, 3.63) is 45.9 Å². The van der Waals surface area contributed by atoms with Crippen LogP contribution in [0.1, 0.15) is 5.56 Å². The number of nitrogens with two attached hydrogens (primary N) is 1. The van der Waals surface area contributed by atoms with Crippen molar-refractivity contribution in [3.8, 4) is 0 Å². The molecular weight excluding hydrogens is 330 g/mol. The number of hydrogen-bond donors (Lipinski definition) is 1. The Balaban J connectivity index is 2.08. The fourth-order valence-electron chi connectivity index (χ4n) is 1.58. The predicted octanol–water partition coefficient (Wildman–Crippen LogP) is 3.20. The Morgan fingerprint density at radius 2 is 2.22 bits per heavy atom. The average molecular weight is 342 g/mol. The maximum atomic E-state index is 5.74. The van der Waals surface area contributed by atoms with E-state index in [0.29, 0.717) is 5.11 Å². The molecule has 0 radical (unpaired) electrons. The molecule has 1 heterocycles. The summed E-state index contributed by atoms with van der Waals surface area (Å²) in [6, 6.07) is 8.14. The topological polar surface area (TPSA) is 42.1 Å². The Labute approximate surface area is 124 Å². The number of aromatic nitrogens is 1. The fraction of sp³-hybridized carbons (Fsp3) is 0.167. The van der Waals surface area contributed by atoms with Crippen molar-refractivity contribution in [2.24, 2.45) is 5.73 Å². The second kappa shape index (κ2) is 6.26. The van der Waals surface area contributed by atoms with Gasteiger partial charge >= 0.3 is 0 Å². The second-order valence-electron chi connectivity index (χ2n) is 3.65. The summed E-state index contributed by atoms with van der Waals surface area (Å²) >= 11 is 10.1. The van der Waals surface area contributed by atoms with Gasteiger partial charge in [-0.2, -0.15) is 0 Å². The zero-order valence-corrected chi connectivity index (χ0v) is 12.8. The highest BCUT2D eigenvalue weighted by Crippen LogP contribution is 2.20. The van der Waals surface area contributed by atoms with Gasteiger partial charge in [0.05, 0.1) is 0 Å². The van der Waals surface area contributed by atoms with Crippen molar-refractivity contribution in [3.63, 3.8) is 0 Å². The molecule has 0 spiro atoms. The van der Waals surface area contributed by atoms with E-state index in [4.69, 9.17) is 18.0 Å². The lowest BCUT2D eigenvalue weighted by Crippen LogP contribution is -2.37. The van der Waals surface area contributed by atoms with E-state index in [1.165, 1.54) is 16.9 Å². The van der Waals surface area contributed by atoms with Crippen LogP contribution in [0.5, 0.6) is 0 Å². The smallest absolute Gasteiger partial charge is 0.191 e. The lowest BCUT2D eigenvalue weighted by Gasteiger charge is -2.19. The number of anilines is 1. The van der Waals surface area contributed by atoms with Crippen LogP contribution in [0.25, 0.3) is 0 Å². The molecule has 0 bridgehead atoms. The van der Waals surface area contributed by atoms with Crippen LogP contribution in [0, 0.1) is 0 Å². The first-order valence-corrected chi connectivity index (χ1v) is 7.46. The second-order valence-corrected chi connectivity index (χ2v) is 5.79. The Kier molecular flexibility index (Phi) is 4.68. The molecule has 0 amide bonds. The van der Waals surface area contributed by atoms with Crippen LogP contribution in [0.4, 0.5) is 5.13 Å². The maximum Gasteiger partial charge on any atom is 0.191 e. The Hall–Kier alpha value is -0.980. The summed E-state index contributed by atoms with van der Waals surface area (Å²) in [5, 5.41) is 3.12. The van der Waals surface area contributed by atoms with Crippen LogP contribution in [0.15, 0.2) is 40.3 Å². The quantitative estimate of drug-likeness (QED) is 0.867. The number of benzene rings is 1. The van der Waals surface area contributed by atoms with E-state index in [1.807, 2.05) is 28.5 Å². The van der Waals surface area contributed by atoms with E-state index in [1.54, 1.807) is 6.20 Å². The molecule has 0 saturated carbocycles. The van der Waals surface area contributed by atoms with E-state index in [2.05, 4.69) is 27.0 Å². The molecule has 0 aliphatic rings. The van der Waals surface area contributed by atoms with Gasteiger partial charge < -0.3 is 5.73 Å². The van der Waals surface area contributed by atoms with Gasteiger partial charge in [-0.15, -0.1) is 11.3 Å². The molecule has 0 atom stereocenters. The van der Waals surface area contributed by atoms with E-state index in [9.17, 15) is 0 Å². The number of thiocarbonyl (C=S) groups is 1. The van der Waals surface area contributed by atoms with Crippen LogP contribution in [-0.2, 0) is 6.42 Å². The van der Waals surface area contributed by atoms with Gasteiger partial charge in [0, 0.05) is 22.6 Å². The Morgan fingerprint density at radius 1 is 1.44 bits per heavy atom. The molecule has 0 fully saturated rings. The number of nitrogens with zero attached hydrogens (tertiary/aromatic N) is 2. The molecule has 3 nitrogen and oxygen atoms in total. The van der Waals surface area contributed by atoms with Crippen molar-refractivity contribution < 1.29 is 0 Å². The molecule has 0 unspecified atom stereocenters. The summed E-state index contributed by atoms with van der Waals surface area (Å²) in [6.45, 7) is 0.728. The minimum absolute atomic E-state index is 0.358. The minimum atomic E-state index is 0.358. The Morgan fingerprint density at radius 3 is 2.83 bits per heavy atom. The third-order valence-electron chi connectivity index (χ3n) is 2.48. The number of hydrogen-bond acceptors (Lipinski definition) is 3. The fourth-order valence-corrected chi connectivity index (χ4v) is 2.98. The van der Waals surface area contributed by atoms with Crippen molar-refractivity contribution >= 4 is 49.7 Å². The molecule has 0 aliphatic heterocycles. The molecular formula is C12H12BrN3S2.